The van der Waals surface area contributed by atoms with Crippen molar-refractivity contribution in [3.63, 3.8) is 0 Å². The maximum atomic E-state index is 12.1. The third-order valence-corrected chi connectivity index (χ3v) is 3.27. The minimum atomic E-state index is -0.534. The lowest BCUT2D eigenvalue weighted by Gasteiger charge is -2.12. The molecule has 1 heterocycles. The van der Waals surface area contributed by atoms with E-state index in [1.165, 1.54) is 5.56 Å². The highest BCUT2D eigenvalue weighted by Crippen LogP contribution is 2.10. The lowest BCUT2D eigenvalue weighted by Crippen LogP contribution is -2.36. The molecule has 2 rings (SSSR count). The molecule has 21 heavy (non-hydrogen) atoms. The van der Waals surface area contributed by atoms with Gasteiger partial charge >= 0.3 is 0 Å². The van der Waals surface area contributed by atoms with Crippen molar-refractivity contribution < 1.29 is 4.79 Å². The zero-order valence-electron chi connectivity index (χ0n) is 12.5. The lowest BCUT2D eigenvalue weighted by atomic mass is 10.1. The van der Waals surface area contributed by atoms with Crippen molar-refractivity contribution in [3.05, 3.63) is 59.3 Å². The Balaban J connectivity index is 1.90. The summed E-state index contributed by atoms with van der Waals surface area (Å²) in [5.74, 6) is 0.371. The Bertz CT molecular complexity index is 590. The van der Waals surface area contributed by atoms with Crippen molar-refractivity contribution in [2.45, 2.75) is 32.7 Å². The standard InChI is InChI=1S/C17H21N3O/c1-12-10-13(2)19-16(11-12)20-17(21)15(18)9-8-14-6-4-3-5-7-14/h3-7,10-11,15H,8-9,18H2,1-2H3,(H,19,20,21)/t15-/m0/s1. The van der Waals surface area contributed by atoms with Gasteiger partial charge in [0.05, 0.1) is 6.04 Å². The lowest BCUT2D eigenvalue weighted by molar-refractivity contribution is -0.117. The fourth-order valence-corrected chi connectivity index (χ4v) is 2.22. The second-order valence-corrected chi connectivity index (χ2v) is 5.29. The van der Waals surface area contributed by atoms with Crippen LogP contribution >= 0.6 is 0 Å². The summed E-state index contributed by atoms with van der Waals surface area (Å²) in [5, 5.41) is 2.78. The van der Waals surface area contributed by atoms with E-state index in [-0.39, 0.29) is 5.91 Å². The van der Waals surface area contributed by atoms with Gasteiger partial charge in [0.25, 0.3) is 0 Å². The molecule has 1 aromatic heterocycles. The van der Waals surface area contributed by atoms with E-state index in [1.807, 2.05) is 56.3 Å². The number of nitrogens with zero attached hydrogens (tertiary/aromatic N) is 1. The molecule has 3 N–H and O–H groups in total. The van der Waals surface area contributed by atoms with Gasteiger partial charge in [-0.15, -0.1) is 0 Å². The van der Waals surface area contributed by atoms with Crippen LogP contribution in [0.25, 0.3) is 0 Å². The Morgan fingerprint density at radius 3 is 2.62 bits per heavy atom. The van der Waals surface area contributed by atoms with Gasteiger partial charge in [0.15, 0.2) is 0 Å². The highest BCUT2D eigenvalue weighted by atomic mass is 16.2. The van der Waals surface area contributed by atoms with E-state index >= 15 is 0 Å². The molecular weight excluding hydrogens is 262 g/mol. The summed E-state index contributed by atoms with van der Waals surface area (Å²) < 4.78 is 0. The van der Waals surface area contributed by atoms with Gasteiger partial charge in [0, 0.05) is 5.69 Å². The first-order valence-electron chi connectivity index (χ1n) is 7.10. The minimum absolute atomic E-state index is 0.191. The Labute approximate surface area is 125 Å². The molecule has 1 atom stereocenters. The topological polar surface area (TPSA) is 68.0 Å². The summed E-state index contributed by atoms with van der Waals surface area (Å²) in [6.07, 6.45) is 1.40. The van der Waals surface area contributed by atoms with Crippen LogP contribution in [0.4, 0.5) is 5.82 Å². The molecule has 0 spiro atoms. The van der Waals surface area contributed by atoms with Crippen molar-refractivity contribution >= 4 is 11.7 Å². The number of anilines is 1. The van der Waals surface area contributed by atoms with E-state index in [9.17, 15) is 4.79 Å². The van der Waals surface area contributed by atoms with Gasteiger partial charge in [-0.25, -0.2) is 4.98 Å². The smallest absolute Gasteiger partial charge is 0.242 e. The number of aromatic nitrogens is 1. The number of amides is 1. The third kappa shape index (κ3) is 4.68. The maximum absolute atomic E-state index is 12.1. The summed E-state index contributed by atoms with van der Waals surface area (Å²) in [4.78, 5) is 16.4. The van der Waals surface area contributed by atoms with Crippen LogP contribution in [0.2, 0.25) is 0 Å². The first-order chi connectivity index (χ1) is 10.0. The molecule has 0 aliphatic carbocycles. The van der Waals surface area contributed by atoms with Gasteiger partial charge in [-0.2, -0.15) is 0 Å². The number of pyridine rings is 1. The van der Waals surface area contributed by atoms with Crippen molar-refractivity contribution in [2.75, 3.05) is 5.32 Å². The van der Waals surface area contributed by atoms with Gasteiger partial charge in [-0.1, -0.05) is 30.3 Å². The van der Waals surface area contributed by atoms with Crippen LogP contribution in [-0.2, 0) is 11.2 Å². The van der Waals surface area contributed by atoms with Crippen LogP contribution in [0.1, 0.15) is 23.2 Å². The molecule has 110 valence electrons. The number of aryl methyl sites for hydroxylation is 3. The predicted octanol–water partition coefficient (Wildman–Crippen LogP) is 2.60. The van der Waals surface area contributed by atoms with Crippen molar-refractivity contribution in [1.29, 1.82) is 0 Å². The Hall–Kier alpha value is -2.20. The Morgan fingerprint density at radius 2 is 1.95 bits per heavy atom. The average Bonchev–Trinajstić information content (AvgIpc) is 2.44. The monoisotopic (exact) mass is 283 g/mol. The molecule has 1 amide bonds. The van der Waals surface area contributed by atoms with E-state index in [4.69, 9.17) is 5.73 Å². The SMILES string of the molecule is Cc1cc(C)nc(NC(=O)[C@@H](N)CCc2ccccc2)c1. The highest BCUT2D eigenvalue weighted by molar-refractivity contribution is 5.93. The fourth-order valence-electron chi connectivity index (χ4n) is 2.22. The molecule has 0 radical (unpaired) electrons. The first-order valence-corrected chi connectivity index (χ1v) is 7.10. The predicted molar refractivity (Wildman–Crippen MR) is 85.1 cm³/mol. The molecule has 0 saturated carbocycles. The summed E-state index contributed by atoms with van der Waals surface area (Å²) in [7, 11) is 0. The zero-order valence-corrected chi connectivity index (χ0v) is 12.5. The number of carbonyl (C=O) groups is 1. The maximum Gasteiger partial charge on any atom is 0.242 e. The summed E-state index contributed by atoms with van der Waals surface area (Å²) in [6.45, 7) is 3.87. The van der Waals surface area contributed by atoms with Crippen LogP contribution in [0.15, 0.2) is 42.5 Å². The van der Waals surface area contributed by atoms with Crippen molar-refractivity contribution in [1.82, 2.24) is 4.98 Å². The van der Waals surface area contributed by atoms with Crippen molar-refractivity contribution in [3.8, 4) is 0 Å². The molecule has 0 bridgehead atoms. The Kier molecular flexibility index (Phi) is 5.06. The van der Waals surface area contributed by atoms with Crippen LogP contribution in [0, 0.1) is 13.8 Å². The van der Waals surface area contributed by atoms with Gasteiger partial charge in [-0.05, 0) is 49.9 Å². The van der Waals surface area contributed by atoms with E-state index in [0.717, 1.165) is 17.7 Å². The third-order valence-electron chi connectivity index (χ3n) is 3.27. The molecule has 0 aliphatic rings. The van der Waals surface area contributed by atoms with E-state index < -0.39 is 6.04 Å². The molecule has 0 unspecified atom stereocenters. The highest BCUT2D eigenvalue weighted by Gasteiger charge is 2.14. The zero-order chi connectivity index (χ0) is 15.2. The number of carbonyl (C=O) groups excluding carboxylic acids is 1. The summed E-state index contributed by atoms with van der Waals surface area (Å²) in [5.41, 5.74) is 9.08. The number of nitrogens with two attached hydrogens (primary N) is 1. The van der Waals surface area contributed by atoms with Crippen LogP contribution < -0.4 is 11.1 Å². The van der Waals surface area contributed by atoms with Gasteiger partial charge in [0.2, 0.25) is 5.91 Å². The summed E-state index contributed by atoms with van der Waals surface area (Å²) >= 11 is 0. The van der Waals surface area contributed by atoms with Crippen LogP contribution in [0.3, 0.4) is 0 Å². The largest absolute Gasteiger partial charge is 0.320 e. The van der Waals surface area contributed by atoms with Crippen molar-refractivity contribution in [2.24, 2.45) is 5.73 Å². The average molecular weight is 283 g/mol. The number of hydrogen-bond donors (Lipinski definition) is 2. The molecular formula is C17H21N3O. The van der Waals surface area contributed by atoms with Crippen LogP contribution in [0.5, 0.6) is 0 Å². The number of rotatable bonds is 5. The van der Waals surface area contributed by atoms with E-state index in [0.29, 0.717) is 12.2 Å². The fraction of sp³-hybridized carbons (Fsp3) is 0.294. The quantitative estimate of drug-likeness (QED) is 0.886. The minimum Gasteiger partial charge on any atom is -0.320 e. The molecule has 0 fully saturated rings. The second kappa shape index (κ2) is 6.99. The molecule has 0 aliphatic heterocycles. The summed E-state index contributed by atoms with van der Waals surface area (Å²) in [6, 6.07) is 13.3. The molecule has 4 heteroatoms. The molecule has 2 aromatic rings. The number of hydrogen-bond acceptors (Lipinski definition) is 3. The van der Waals surface area contributed by atoms with E-state index in [2.05, 4.69) is 10.3 Å². The van der Waals surface area contributed by atoms with Gasteiger partial charge in [0.1, 0.15) is 5.82 Å². The first kappa shape index (κ1) is 15.2. The van der Waals surface area contributed by atoms with Gasteiger partial charge in [-0.3, -0.25) is 4.79 Å². The van der Waals surface area contributed by atoms with E-state index in [1.54, 1.807) is 0 Å². The molecule has 1 aromatic carbocycles. The molecule has 0 saturated heterocycles. The Morgan fingerprint density at radius 1 is 1.24 bits per heavy atom. The van der Waals surface area contributed by atoms with Crippen LogP contribution in [-0.4, -0.2) is 16.9 Å². The normalized spacial score (nSPS) is 12.0. The number of nitrogens with one attached hydrogen (secondary N) is 1. The van der Waals surface area contributed by atoms with Gasteiger partial charge < -0.3 is 11.1 Å². The number of benzene rings is 1. The second-order valence-electron chi connectivity index (χ2n) is 5.29. The molecule has 4 nitrogen and oxygen atoms in total.